The van der Waals surface area contributed by atoms with Gasteiger partial charge in [-0.1, -0.05) is 19.3 Å². The first-order valence-corrected chi connectivity index (χ1v) is 16.5. The van der Waals surface area contributed by atoms with Crippen molar-refractivity contribution in [2.45, 2.75) is 77.5 Å². The number of methoxy groups -OCH3 is 1. The third-order valence-corrected chi connectivity index (χ3v) is 9.20. The smallest absolute Gasteiger partial charge is 0.410 e. The number of hydrogen-bond acceptors (Lipinski definition) is 7. The van der Waals surface area contributed by atoms with Crippen molar-refractivity contribution in [2.24, 2.45) is 13.0 Å². The monoisotopic (exact) mass is 669 g/mol. The minimum Gasteiger partial charge on any atom is -0.466 e. The van der Waals surface area contributed by atoms with E-state index in [0.29, 0.717) is 16.5 Å². The number of rotatable bonds is 8. The molecule has 1 N–H and O–H groups in total. The third kappa shape index (κ3) is 8.35. The first-order chi connectivity index (χ1) is 22.6. The van der Waals surface area contributed by atoms with Gasteiger partial charge < -0.3 is 29.2 Å². The number of ether oxygens (including phenoxy) is 2. The van der Waals surface area contributed by atoms with Crippen molar-refractivity contribution < 1.29 is 37.8 Å². The molecule has 2 heterocycles. The fourth-order valence-corrected chi connectivity index (χ4v) is 6.36. The minimum atomic E-state index is -0.870. The lowest BCUT2D eigenvalue weighted by Gasteiger charge is -2.39. The van der Waals surface area contributed by atoms with E-state index in [0.717, 1.165) is 32.1 Å². The van der Waals surface area contributed by atoms with Gasteiger partial charge in [0.15, 0.2) is 0 Å². The average molecular weight is 670 g/mol. The van der Waals surface area contributed by atoms with Gasteiger partial charge in [-0.2, -0.15) is 0 Å². The lowest BCUT2D eigenvalue weighted by molar-refractivity contribution is -0.140. The summed E-state index contributed by atoms with van der Waals surface area (Å²) in [6, 6.07) is 2.58. The maximum absolute atomic E-state index is 14.2. The highest BCUT2D eigenvalue weighted by atomic mass is 19.1. The predicted octanol–water partition coefficient (Wildman–Crippen LogP) is 4.11. The van der Waals surface area contributed by atoms with Gasteiger partial charge in [0.05, 0.1) is 7.11 Å². The van der Waals surface area contributed by atoms with Crippen LogP contribution in [0.4, 0.5) is 9.18 Å². The minimum absolute atomic E-state index is 0.0470. The molecule has 1 aromatic heterocycles. The Morgan fingerprint density at radius 1 is 1.02 bits per heavy atom. The number of fused-ring (bicyclic) bond motifs is 1. The molecular weight excluding hydrogens is 621 g/mol. The maximum Gasteiger partial charge on any atom is 0.410 e. The summed E-state index contributed by atoms with van der Waals surface area (Å²) < 4.78 is 26.1. The second-order valence-corrected chi connectivity index (χ2v) is 13.6. The normalized spacial score (nSPS) is 17.2. The number of nitrogens with zero attached hydrogens (tertiary/aromatic N) is 4. The van der Waals surface area contributed by atoms with Gasteiger partial charge in [-0.15, -0.1) is 0 Å². The molecule has 1 aliphatic heterocycles. The van der Waals surface area contributed by atoms with Crippen molar-refractivity contribution in [1.82, 2.24) is 24.6 Å². The molecule has 2 aromatic rings. The number of esters is 1. The van der Waals surface area contributed by atoms with Crippen molar-refractivity contribution in [2.75, 3.05) is 40.3 Å². The Morgan fingerprint density at radius 2 is 1.65 bits per heavy atom. The van der Waals surface area contributed by atoms with E-state index in [9.17, 15) is 28.4 Å². The Kier molecular flexibility index (Phi) is 11.5. The number of carbonyl (C=O) groups is 5. The summed E-state index contributed by atoms with van der Waals surface area (Å²) in [5.41, 5.74) is 0.576. The van der Waals surface area contributed by atoms with Crippen LogP contribution < -0.4 is 5.32 Å². The van der Waals surface area contributed by atoms with Crippen LogP contribution in [0.1, 0.15) is 75.9 Å². The third-order valence-electron chi connectivity index (χ3n) is 9.20. The molecule has 262 valence electrons. The summed E-state index contributed by atoms with van der Waals surface area (Å²) in [7, 11) is 4.45. The van der Waals surface area contributed by atoms with Gasteiger partial charge in [-0.25, -0.2) is 14.0 Å². The van der Waals surface area contributed by atoms with E-state index < -0.39 is 41.5 Å². The van der Waals surface area contributed by atoms with Crippen molar-refractivity contribution in [1.29, 1.82) is 0 Å². The zero-order chi connectivity index (χ0) is 35.3. The molecule has 1 saturated heterocycles. The van der Waals surface area contributed by atoms with Crippen LogP contribution in [0.25, 0.3) is 17.0 Å². The first-order valence-electron chi connectivity index (χ1n) is 16.5. The van der Waals surface area contributed by atoms with Gasteiger partial charge in [0.25, 0.3) is 5.91 Å². The van der Waals surface area contributed by atoms with Gasteiger partial charge in [-0.3, -0.25) is 19.3 Å². The van der Waals surface area contributed by atoms with Crippen LogP contribution in [0.2, 0.25) is 0 Å². The van der Waals surface area contributed by atoms with Crippen LogP contribution in [0, 0.1) is 11.7 Å². The van der Waals surface area contributed by atoms with E-state index in [1.165, 1.54) is 43.3 Å². The predicted molar refractivity (Wildman–Crippen MR) is 178 cm³/mol. The summed E-state index contributed by atoms with van der Waals surface area (Å²) in [5.74, 6) is -2.11. The van der Waals surface area contributed by atoms with E-state index in [-0.39, 0.29) is 49.6 Å². The zero-order valence-corrected chi connectivity index (χ0v) is 29.0. The van der Waals surface area contributed by atoms with Gasteiger partial charge in [-0.05, 0) is 70.7 Å². The number of benzene rings is 1. The van der Waals surface area contributed by atoms with Crippen molar-refractivity contribution in [3.8, 4) is 0 Å². The van der Waals surface area contributed by atoms with E-state index in [1.54, 1.807) is 55.2 Å². The number of carbonyl (C=O) groups excluding carboxylic acids is 5. The SMILES string of the molecule is COC(=O)/C=C/c1c(C(=O)N2CCN(C(=O)C(NC(=O)C(C)N(C)C(=O)OC(C)(C)C)C3CCCCC3)CC2)n(C)c2ccc(F)cc12. The number of nitrogens with one attached hydrogen (secondary N) is 1. The van der Waals surface area contributed by atoms with E-state index in [1.807, 2.05) is 0 Å². The molecule has 4 rings (SSSR count). The van der Waals surface area contributed by atoms with E-state index >= 15 is 0 Å². The molecule has 2 unspecified atom stereocenters. The Labute approximate surface area is 281 Å². The van der Waals surface area contributed by atoms with Gasteiger partial charge in [0.2, 0.25) is 11.8 Å². The number of aromatic nitrogens is 1. The topological polar surface area (TPSA) is 130 Å². The Hall–Kier alpha value is -4.42. The molecule has 1 aliphatic carbocycles. The highest BCUT2D eigenvalue weighted by Gasteiger charge is 2.38. The Bertz CT molecular complexity index is 1560. The van der Waals surface area contributed by atoms with Crippen LogP contribution in [-0.4, -0.2) is 107 Å². The summed E-state index contributed by atoms with van der Waals surface area (Å²) in [6.45, 7) is 7.83. The molecule has 1 saturated carbocycles. The fraction of sp³-hybridized carbons (Fsp3) is 0.571. The van der Waals surface area contributed by atoms with E-state index in [4.69, 9.17) is 9.47 Å². The number of aryl methyl sites for hydroxylation is 1. The average Bonchev–Trinajstić information content (AvgIpc) is 3.33. The number of piperazine rings is 1. The lowest BCUT2D eigenvalue weighted by Crippen LogP contribution is -2.60. The van der Waals surface area contributed by atoms with Crippen LogP contribution in [0.5, 0.6) is 0 Å². The molecule has 2 atom stereocenters. The molecule has 12 nitrogen and oxygen atoms in total. The summed E-state index contributed by atoms with van der Waals surface area (Å²) in [5, 5.41) is 3.44. The zero-order valence-electron chi connectivity index (χ0n) is 29.0. The summed E-state index contributed by atoms with van der Waals surface area (Å²) in [4.78, 5) is 70.5. The van der Waals surface area contributed by atoms with Gasteiger partial charge in [0, 0.05) is 62.8 Å². The summed E-state index contributed by atoms with van der Waals surface area (Å²) in [6.07, 6.45) is 6.61. The molecule has 1 aromatic carbocycles. The molecule has 2 aliphatic rings. The second-order valence-electron chi connectivity index (χ2n) is 13.6. The molecule has 0 spiro atoms. The van der Waals surface area contributed by atoms with Crippen LogP contribution >= 0.6 is 0 Å². The molecule has 2 fully saturated rings. The summed E-state index contributed by atoms with van der Waals surface area (Å²) >= 11 is 0. The molecule has 0 radical (unpaired) electrons. The quantitative estimate of drug-likeness (QED) is 0.331. The number of halogens is 1. The number of likely N-dealkylation sites (N-methyl/N-ethyl adjacent to an activating group) is 1. The van der Waals surface area contributed by atoms with Crippen molar-refractivity contribution in [3.05, 3.63) is 41.3 Å². The highest BCUT2D eigenvalue weighted by molar-refractivity contribution is 6.06. The van der Waals surface area contributed by atoms with Gasteiger partial charge in [0.1, 0.15) is 29.2 Å². The van der Waals surface area contributed by atoms with Gasteiger partial charge >= 0.3 is 12.1 Å². The second kappa shape index (κ2) is 15.2. The maximum atomic E-state index is 14.2. The lowest BCUT2D eigenvalue weighted by atomic mass is 9.83. The van der Waals surface area contributed by atoms with Crippen LogP contribution in [-0.2, 0) is 30.9 Å². The molecule has 48 heavy (non-hydrogen) atoms. The highest BCUT2D eigenvalue weighted by Crippen LogP contribution is 2.30. The van der Waals surface area contributed by atoms with E-state index in [2.05, 4.69) is 5.32 Å². The number of hydrogen-bond donors (Lipinski definition) is 1. The number of amides is 4. The van der Waals surface area contributed by atoms with Crippen LogP contribution in [0.3, 0.4) is 0 Å². The van der Waals surface area contributed by atoms with Crippen LogP contribution in [0.15, 0.2) is 24.3 Å². The standard InChI is InChI=1S/C35H48FN5O7/c1-22(38(5)34(46)48-35(2,3)4)31(43)37-29(23-11-9-8-10-12-23)32(44)40-17-19-41(20-18-40)33(45)30-25(14-16-28(42)47-7)26-21-24(36)13-15-27(26)39(30)6/h13-16,21-23,29H,8-12,17-20H2,1-7H3,(H,37,43)/b16-14+. The Morgan fingerprint density at radius 3 is 2.25 bits per heavy atom. The molecular formula is C35H48FN5O7. The molecule has 0 bridgehead atoms. The largest absolute Gasteiger partial charge is 0.466 e. The first kappa shape index (κ1) is 36.4. The Balaban J connectivity index is 1.50. The molecule has 13 heteroatoms. The van der Waals surface area contributed by atoms with Crippen molar-refractivity contribution in [3.63, 3.8) is 0 Å². The fourth-order valence-electron chi connectivity index (χ4n) is 6.36. The molecule has 4 amide bonds. The van der Waals surface area contributed by atoms with Crippen molar-refractivity contribution >= 4 is 46.8 Å².